The second-order valence-electron chi connectivity index (χ2n) is 18.0. The number of hydrogen-bond acceptors (Lipinski definition) is 9. The molecule has 0 spiro atoms. The van der Waals surface area contributed by atoms with Crippen molar-refractivity contribution in [1.82, 2.24) is 20.2 Å². The second-order valence-corrected chi connectivity index (χ2v) is 18.0. The van der Waals surface area contributed by atoms with Gasteiger partial charge >= 0.3 is 5.97 Å². The van der Waals surface area contributed by atoms with Crippen LogP contribution in [0.3, 0.4) is 0 Å². The molecule has 2 aromatic carbocycles. The number of ether oxygens (including phenoxy) is 1. The highest BCUT2D eigenvalue weighted by Gasteiger charge is 2.57. The number of fused-ring (bicyclic) bond motifs is 2. The predicted octanol–water partition coefficient (Wildman–Crippen LogP) is 5.32. The van der Waals surface area contributed by atoms with Crippen LogP contribution in [0.15, 0.2) is 48.5 Å². The van der Waals surface area contributed by atoms with E-state index in [1.54, 1.807) is 12.0 Å². The van der Waals surface area contributed by atoms with Crippen molar-refractivity contribution in [2.24, 2.45) is 35.0 Å². The van der Waals surface area contributed by atoms with Crippen LogP contribution < -0.4 is 10.1 Å². The zero-order chi connectivity index (χ0) is 39.4. The Hall–Kier alpha value is -3.06. The van der Waals surface area contributed by atoms with Crippen molar-refractivity contribution in [1.29, 1.82) is 0 Å². The summed E-state index contributed by atoms with van der Waals surface area (Å²) in [6, 6.07) is 15.7. The van der Waals surface area contributed by atoms with Gasteiger partial charge in [0.25, 0.3) is 0 Å². The van der Waals surface area contributed by atoms with Crippen LogP contribution in [-0.4, -0.2) is 105 Å². The monoisotopic (exact) mass is 762 g/mol. The maximum absolute atomic E-state index is 14.2. The van der Waals surface area contributed by atoms with E-state index in [-0.39, 0.29) is 24.6 Å². The van der Waals surface area contributed by atoms with Gasteiger partial charge in [0.05, 0.1) is 19.3 Å². The quantitative estimate of drug-likeness (QED) is 0.158. The van der Waals surface area contributed by atoms with Gasteiger partial charge in [0.2, 0.25) is 5.91 Å². The highest BCUT2D eigenvalue weighted by molar-refractivity contribution is 5.82. The number of aliphatic hydroxyl groups is 2. The molecule has 2 saturated heterocycles. The third kappa shape index (κ3) is 9.74. The maximum atomic E-state index is 14.2. The molecule has 11 nitrogen and oxygen atoms in total. The van der Waals surface area contributed by atoms with Gasteiger partial charge in [-0.3, -0.25) is 14.5 Å². The van der Waals surface area contributed by atoms with Crippen LogP contribution in [-0.2, 0) is 34.1 Å². The number of carbonyl (C=O) groups excluding carboxylic acids is 1. The fourth-order valence-corrected chi connectivity index (χ4v) is 10.3. The lowest BCUT2D eigenvalue weighted by Gasteiger charge is -2.62. The molecular formula is C44H66N4O7. The average molecular weight is 763 g/mol. The van der Waals surface area contributed by atoms with Gasteiger partial charge < -0.3 is 30.3 Å². The first-order valence-corrected chi connectivity index (χ1v) is 20.7. The van der Waals surface area contributed by atoms with E-state index < -0.39 is 36.7 Å². The molecule has 0 unspecified atom stereocenters. The molecule has 5 fully saturated rings. The Morgan fingerprint density at radius 2 is 1.76 bits per heavy atom. The number of aliphatic carboxylic acids is 1. The first-order valence-electron chi connectivity index (χ1n) is 20.7. The molecule has 3 saturated carbocycles. The van der Waals surface area contributed by atoms with Crippen LogP contribution in [0.4, 0.5) is 0 Å². The number of carbonyl (C=O) groups is 2. The number of amides is 1. The highest BCUT2D eigenvalue weighted by atomic mass is 16.7. The largest absolute Gasteiger partial charge is 0.482 e. The van der Waals surface area contributed by atoms with Gasteiger partial charge in [-0.25, -0.2) is 4.79 Å². The molecule has 2 heterocycles. The molecule has 2 aromatic rings. The van der Waals surface area contributed by atoms with E-state index >= 15 is 0 Å². The molecule has 7 rings (SSSR count). The summed E-state index contributed by atoms with van der Waals surface area (Å²) >= 11 is 0. The lowest BCUT2D eigenvalue weighted by Crippen LogP contribution is -2.62. The number of benzene rings is 2. The summed E-state index contributed by atoms with van der Waals surface area (Å²) in [5.41, 5.74) is 3.33. The Bertz CT molecular complexity index is 1600. The van der Waals surface area contributed by atoms with E-state index in [0.717, 1.165) is 49.2 Å². The van der Waals surface area contributed by atoms with Gasteiger partial charge in [0.15, 0.2) is 6.61 Å². The van der Waals surface area contributed by atoms with E-state index in [2.05, 4.69) is 61.9 Å². The summed E-state index contributed by atoms with van der Waals surface area (Å²) in [5, 5.41) is 35.7. The van der Waals surface area contributed by atoms with Crippen LogP contribution in [0.25, 0.3) is 0 Å². The summed E-state index contributed by atoms with van der Waals surface area (Å²) in [7, 11) is 0. The minimum Gasteiger partial charge on any atom is -0.482 e. The number of hydrogen-bond donors (Lipinski definition) is 4. The van der Waals surface area contributed by atoms with E-state index in [9.17, 15) is 24.9 Å². The normalized spacial score (nSPS) is 28.9. The lowest BCUT2D eigenvalue weighted by atomic mass is 9.45. The summed E-state index contributed by atoms with van der Waals surface area (Å²) in [4.78, 5) is 37.0. The van der Waals surface area contributed by atoms with E-state index in [1.165, 1.54) is 19.3 Å². The summed E-state index contributed by atoms with van der Waals surface area (Å²) in [5.74, 6) is 0.847. The van der Waals surface area contributed by atoms with E-state index in [1.807, 2.05) is 36.4 Å². The molecular weight excluding hydrogens is 697 g/mol. The second kappa shape index (κ2) is 18.0. The topological polar surface area (TPSA) is 135 Å². The predicted molar refractivity (Wildman–Crippen MR) is 212 cm³/mol. The number of nitrogens with zero attached hydrogens (tertiary/aromatic N) is 3. The third-order valence-corrected chi connectivity index (χ3v) is 13.4. The summed E-state index contributed by atoms with van der Waals surface area (Å²) in [6.45, 7) is 17.2. The standard InChI is InChI=1S/C44H66N4O7/c1-28(2)18-35(25-46-16-9-10-17-46)47(24-33-14-7-8-15-38(33)54-27-40(51)52)22-31-12-11-13-32(19-31)23-48-42(41(30(4)50)39(26-49)55-48)43(53)45-37-21-34-20-36(29(37)3)44(34,5)6/h7-8,11-15,19,28-30,34-37,39,41-42,49-50H,9-10,16-18,20-27H2,1-6H3,(H,45,53)(H,51,52)/t29-,30-,34+,35-,36-,37-,39-,41+,42-/m0/s1. The van der Waals surface area contributed by atoms with Crippen molar-refractivity contribution in [3.05, 3.63) is 65.2 Å². The molecule has 3 aliphatic carbocycles. The van der Waals surface area contributed by atoms with E-state index in [0.29, 0.717) is 54.5 Å². The Morgan fingerprint density at radius 3 is 2.42 bits per heavy atom. The van der Waals surface area contributed by atoms with Crippen LogP contribution in [0.2, 0.25) is 0 Å². The summed E-state index contributed by atoms with van der Waals surface area (Å²) in [6.07, 6.45) is 4.06. The number of aliphatic hydroxyl groups excluding tert-OH is 2. The Kier molecular flexibility index (Phi) is 13.6. The van der Waals surface area contributed by atoms with Gasteiger partial charge in [0, 0.05) is 43.2 Å². The fourth-order valence-electron chi connectivity index (χ4n) is 10.3. The van der Waals surface area contributed by atoms with Crippen molar-refractivity contribution < 1.29 is 34.5 Å². The van der Waals surface area contributed by atoms with Crippen LogP contribution in [0.1, 0.15) is 90.3 Å². The number of carboxylic acids is 1. The zero-order valence-electron chi connectivity index (χ0n) is 33.9. The van der Waals surface area contributed by atoms with Gasteiger partial charge in [-0.15, -0.1) is 0 Å². The number of likely N-dealkylation sites (tertiary alicyclic amines) is 1. The number of hydroxylamine groups is 2. The van der Waals surface area contributed by atoms with Crippen LogP contribution >= 0.6 is 0 Å². The van der Waals surface area contributed by atoms with Gasteiger partial charge in [-0.2, -0.15) is 5.06 Å². The van der Waals surface area contributed by atoms with Crippen molar-refractivity contribution in [3.63, 3.8) is 0 Å². The first-order chi connectivity index (χ1) is 26.2. The molecule has 0 radical (unpaired) electrons. The van der Waals surface area contributed by atoms with Crippen molar-refractivity contribution in [3.8, 4) is 5.75 Å². The van der Waals surface area contributed by atoms with E-state index in [4.69, 9.17) is 9.57 Å². The first kappa shape index (κ1) is 41.6. The Morgan fingerprint density at radius 1 is 1.04 bits per heavy atom. The average Bonchev–Trinajstić information content (AvgIpc) is 3.79. The van der Waals surface area contributed by atoms with Gasteiger partial charge in [-0.1, -0.05) is 77.1 Å². The number of para-hydroxylation sites is 1. The van der Waals surface area contributed by atoms with Crippen LogP contribution in [0, 0.1) is 35.0 Å². The van der Waals surface area contributed by atoms with Crippen LogP contribution in [0.5, 0.6) is 5.75 Å². The van der Waals surface area contributed by atoms with Crippen molar-refractivity contribution in [2.45, 2.75) is 124 Å². The minimum atomic E-state index is -1.01. The molecule has 2 aliphatic heterocycles. The molecule has 0 aromatic heterocycles. The fraction of sp³-hybridized carbons (Fsp3) is 0.682. The molecule has 2 bridgehead atoms. The molecule has 11 heteroatoms. The Balaban J connectivity index is 1.23. The SMILES string of the molecule is CC(C)C[C@@H](CN1CCCC1)N(Cc1cccc(CN2O[C@@H](CO)[C@@H]([C@H](C)O)[C@H]2C(=O)N[C@H]2C[C@H]3C[C@@H]([C@@H]2C)C3(C)C)c1)Cc1ccccc1OCC(=O)O. The number of nitrogens with one attached hydrogen (secondary N) is 1. The maximum Gasteiger partial charge on any atom is 0.341 e. The highest BCUT2D eigenvalue weighted by Crippen LogP contribution is 2.61. The lowest BCUT2D eigenvalue weighted by molar-refractivity contribution is -0.183. The number of rotatable bonds is 18. The minimum absolute atomic E-state index is 0.0715. The summed E-state index contributed by atoms with van der Waals surface area (Å²) < 4.78 is 5.76. The molecule has 304 valence electrons. The van der Waals surface area contributed by atoms with Gasteiger partial charge in [0.1, 0.15) is 17.9 Å². The molecule has 9 atom stereocenters. The number of carboxylic acid groups (broad SMARTS) is 1. The third-order valence-electron chi connectivity index (χ3n) is 13.4. The molecule has 5 aliphatic rings. The molecule has 55 heavy (non-hydrogen) atoms. The Labute approximate surface area is 328 Å². The smallest absolute Gasteiger partial charge is 0.341 e. The van der Waals surface area contributed by atoms with Crippen molar-refractivity contribution >= 4 is 11.9 Å². The molecule has 1 amide bonds. The molecule has 4 N–H and O–H groups in total. The van der Waals surface area contributed by atoms with Crippen molar-refractivity contribution in [2.75, 3.05) is 32.8 Å². The zero-order valence-corrected chi connectivity index (χ0v) is 33.9. The van der Waals surface area contributed by atoms with Gasteiger partial charge in [-0.05, 0) is 98.4 Å².